The summed E-state index contributed by atoms with van der Waals surface area (Å²) in [5, 5.41) is 3.55. The van der Waals surface area contributed by atoms with Crippen LogP contribution in [-0.2, 0) is 10.2 Å². The number of likely N-dealkylation sites (tertiary alicyclic amines) is 1. The zero-order chi connectivity index (χ0) is 16.6. The van der Waals surface area contributed by atoms with E-state index < -0.39 is 0 Å². The zero-order valence-corrected chi connectivity index (χ0v) is 15.1. The zero-order valence-electron chi connectivity index (χ0n) is 13.5. The molecule has 24 heavy (non-hydrogen) atoms. The number of amides is 1. The van der Waals surface area contributed by atoms with Gasteiger partial charge in [0.1, 0.15) is 0 Å². The van der Waals surface area contributed by atoms with E-state index in [9.17, 15) is 4.79 Å². The molecule has 1 amide bonds. The molecule has 1 aliphatic heterocycles. The van der Waals surface area contributed by atoms with Gasteiger partial charge in [0.25, 0.3) is 0 Å². The minimum Gasteiger partial charge on any atom is -0.380 e. The lowest BCUT2D eigenvalue weighted by atomic mass is 9.94. The summed E-state index contributed by atoms with van der Waals surface area (Å²) < 4.78 is 1.05. The predicted molar refractivity (Wildman–Crippen MR) is 100 cm³/mol. The summed E-state index contributed by atoms with van der Waals surface area (Å²) >= 11 is 3.53. The van der Waals surface area contributed by atoms with Gasteiger partial charge in [-0.25, -0.2) is 0 Å². The van der Waals surface area contributed by atoms with Gasteiger partial charge < -0.3 is 10.2 Å². The van der Waals surface area contributed by atoms with Crippen LogP contribution < -0.4 is 5.32 Å². The van der Waals surface area contributed by atoms with Gasteiger partial charge in [-0.1, -0.05) is 46.3 Å². The summed E-state index contributed by atoms with van der Waals surface area (Å²) in [5.74, 6) is 0.304. The molecular weight excluding hydrogens is 364 g/mol. The molecule has 1 aliphatic carbocycles. The topological polar surface area (TPSA) is 32.3 Å². The second kappa shape index (κ2) is 6.25. The summed E-state index contributed by atoms with van der Waals surface area (Å²) in [6.07, 6.45) is 2.94. The molecule has 2 aromatic rings. The molecule has 0 aromatic heterocycles. The van der Waals surface area contributed by atoms with E-state index >= 15 is 0 Å². The Labute approximate surface area is 151 Å². The van der Waals surface area contributed by atoms with Crippen molar-refractivity contribution in [1.29, 1.82) is 0 Å². The largest absolute Gasteiger partial charge is 0.380 e. The van der Waals surface area contributed by atoms with Crippen LogP contribution in [0.4, 0.5) is 5.69 Å². The molecule has 1 atom stereocenters. The van der Waals surface area contributed by atoms with E-state index in [0.29, 0.717) is 11.9 Å². The number of anilines is 1. The van der Waals surface area contributed by atoms with Crippen molar-refractivity contribution < 1.29 is 4.79 Å². The first kappa shape index (κ1) is 15.7. The molecule has 0 spiro atoms. The summed E-state index contributed by atoms with van der Waals surface area (Å²) in [6.45, 7) is 1.64. The van der Waals surface area contributed by atoms with Gasteiger partial charge in [0.2, 0.25) is 5.91 Å². The maximum Gasteiger partial charge on any atom is 0.233 e. The lowest BCUT2D eigenvalue weighted by Gasteiger charge is -2.24. The smallest absolute Gasteiger partial charge is 0.233 e. The van der Waals surface area contributed by atoms with Crippen molar-refractivity contribution in [2.75, 3.05) is 18.4 Å². The fraction of sp³-hybridized carbons (Fsp3) is 0.350. The number of hydrogen-bond acceptors (Lipinski definition) is 2. The minimum atomic E-state index is -0.272. The van der Waals surface area contributed by atoms with E-state index in [1.165, 1.54) is 0 Å². The van der Waals surface area contributed by atoms with Crippen LogP contribution in [0.3, 0.4) is 0 Å². The van der Waals surface area contributed by atoms with Crippen molar-refractivity contribution in [2.45, 2.75) is 30.7 Å². The molecule has 0 radical (unpaired) electrons. The predicted octanol–water partition coefficient (Wildman–Crippen LogP) is 4.19. The molecule has 2 aromatic carbocycles. The van der Waals surface area contributed by atoms with Crippen LogP contribution >= 0.6 is 15.9 Å². The Bertz CT molecular complexity index is 742. The first-order chi connectivity index (χ1) is 11.7. The second-order valence-electron chi connectivity index (χ2n) is 6.84. The van der Waals surface area contributed by atoms with Crippen molar-refractivity contribution in [1.82, 2.24) is 4.90 Å². The van der Waals surface area contributed by atoms with Gasteiger partial charge in [0, 0.05) is 29.3 Å². The van der Waals surface area contributed by atoms with E-state index in [4.69, 9.17) is 0 Å². The van der Waals surface area contributed by atoms with Gasteiger partial charge in [-0.3, -0.25) is 4.79 Å². The Morgan fingerprint density at radius 1 is 1.12 bits per heavy atom. The van der Waals surface area contributed by atoms with Crippen molar-refractivity contribution in [3.8, 4) is 0 Å². The Morgan fingerprint density at radius 2 is 1.92 bits per heavy atom. The maximum absolute atomic E-state index is 13.1. The fourth-order valence-electron chi connectivity index (χ4n) is 3.67. The number of carbonyl (C=O) groups is 1. The van der Waals surface area contributed by atoms with Crippen LogP contribution in [0, 0.1) is 0 Å². The molecule has 0 bridgehead atoms. The Kier molecular flexibility index (Phi) is 4.09. The van der Waals surface area contributed by atoms with Crippen molar-refractivity contribution in [3.63, 3.8) is 0 Å². The lowest BCUT2D eigenvalue weighted by Crippen LogP contribution is -2.39. The number of rotatable bonds is 4. The highest BCUT2D eigenvalue weighted by molar-refractivity contribution is 9.10. The summed E-state index contributed by atoms with van der Waals surface area (Å²) in [5.41, 5.74) is 2.01. The number of halogens is 1. The minimum absolute atomic E-state index is 0.272. The van der Waals surface area contributed by atoms with Crippen LogP contribution in [0.1, 0.15) is 24.8 Å². The van der Waals surface area contributed by atoms with E-state index in [1.807, 2.05) is 30.3 Å². The number of para-hydroxylation sites is 1. The molecule has 4 heteroatoms. The second-order valence-corrected chi connectivity index (χ2v) is 7.76. The first-order valence-corrected chi connectivity index (χ1v) is 9.34. The van der Waals surface area contributed by atoms with Gasteiger partial charge in [-0.2, -0.15) is 0 Å². The third-order valence-corrected chi connectivity index (χ3v) is 5.65. The highest BCUT2D eigenvalue weighted by Crippen LogP contribution is 2.50. The Morgan fingerprint density at radius 3 is 2.62 bits per heavy atom. The summed E-state index contributed by atoms with van der Waals surface area (Å²) in [4.78, 5) is 15.2. The van der Waals surface area contributed by atoms with Crippen LogP contribution in [0.15, 0.2) is 59.1 Å². The quantitative estimate of drug-likeness (QED) is 0.856. The van der Waals surface area contributed by atoms with Gasteiger partial charge in [-0.05, 0) is 49.1 Å². The van der Waals surface area contributed by atoms with E-state index in [1.54, 1.807) is 0 Å². The average Bonchev–Trinajstić information content (AvgIpc) is 3.29. The number of benzene rings is 2. The van der Waals surface area contributed by atoms with Crippen LogP contribution in [0.25, 0.3) is 0 Å². The number of nitrogens with one attached hydrogen (secondary N) is 1. The molecule has 1 saturated heterocycles. The Balaban J connectivity index is 1.44. The molecule has 2 aliphatic rings. The number of nitrogens with zero attached hydrogens (tertiary/aromatic N) is 1. The van der Waals surface area contributed by atoms with E-state index in [2.05, 4.69) is 50.4 Å². The fourth-order valence-corrected chi connectivity index (χ4v) is 4.07. The molecule has 1 unspecified atom stereocenters. The summed E-state index contributed by atoms with van der Waals surface area (Å²) in [7, 11) is 0. The Hall–Kier alpha value is -1.81. The standard InChI is InChI=1S/C20H21BrN2O/c21-16-6-4-5-15(13-16)20(10-11-20)19(24)23-12-9-18(14-23)22-17-7-2-1-3-8-17/h1-8,13,18,22H,9-12,14H2. The molecular formula is C20H21BrN2O. The third kappa shape index (κ3) is 2.95. The highest BCUT2D eigenvalue weighted by atomic mass is 79.9. The van der Waals surface area contributed by atoms with Crippen molar-refractivity contribution in [2.24, 2.45) is 0 Å². The van der Waals surface area contributed by atoms with Crippen LogP contribution in [0.2, 0.25) is 0 Å². The molecule has 4 rings (SSSR count). The maximum atomic E-state index is 13.1. The monoisotopic (exact) mass is 384 g/mol. The van der Waals surface area contributed by atoms with E-state index in [0.717, 1.165) is 48.1 Å². The normalized spacial score (nSPS) is 21.5. The highest BCUT2D eigenvalue weighted by Gasteiger charge is 2.53. The first-order valence-electron chi connectivity index (χ1n) is 8.54. The molecule has 1 saturated carbocycles. The van der Waals surface area contributed by atoms with Crippen LogP contribution in [0.5, 0.6) is 0 Å². The van der Waals surface area contributed by atoms with Gasteiger partial charge in [-0.15, -0.1) is 0 Å². The van der Waals surface area contributed by atoms with Gasteiger partial charge >= 0.3 is 0 Å². The molecule has 1 N–H and O–H groups in total. The lowest BCUT2D eigenvalue weighted by molar-refractivity contribution is -0.132. The molecule has 1 heterocycles. The SMILES string of the molecule is O=C(N1CCC(Nc2ccccc2)C1)C1(c2cccc(Br)c2)CC1. The average molecular weight is 385 g/mol. The number of carbonyl (C=O) groups excluding carboxylic acids is 1. The van der Waals surface area contributed by atoms with Crippen molar-refractivity contribution in [3.05, 3.63) is 64.6 Å². The molecule has 124 valence electrons. The summed E-state index contributed by atoms with van der Waals surface area (Å²) in [6, 6.07) is 18.8. The number of hydrogen-bond donors (Lipinski definition) is 1. The van der Waals surface area contributed by atoms with Gasteiger partial charge in [0.05, 0.1) is 5.41 Å². The molecule has 3 nitrogen and oxygen atoms in total. The van der Waals surface area contributed by atoms with Crippen LogP contribution in [-0.4, -0.2) is 29.9 Å². The third-order valence-electron chi connectivity index (χ3n) is 5.16. The van der Waals surface area contributed by atoms with Gasteiger partial charge in [0.15, 0.2) is 0 Å². The van der Waals surface area contributed by atoms with Crippen molar-refractivity contribution >= 4 is 27.5 Å². The molecule has 2 fully saturated rings. The van der Waals surface area contributed by atoms with E-state index in [-0.39, 0.29) is 5.41 Å².